The fraction of sp³-hybridized carbons (Fsp3) is 0.200. The molecule has 1 aliphatic rings. The first kappa shape index (κ1) is 24.1. The highest BCUT2D eigenvalue weighted by atomic mass is 32.2. The van der Waals surface area contributed by atoms with Gasteiger partial charge in [-0.2, -0.15) is 0 Å². The van der Waals surface area contributed by atoms with Crippen LogP contribution in [0.3, 0.4) is 0 Å². The van der Waals surface area contributed by atoms with Gasteiger partial charge in [0.1, 0.15) is 5.75 Å². The van der Waals surface area contributed by atoms with E-state index in [4.69, 9.17) is 14.2 Å². The Labute approximate surface area is 203 Å². The molecule has 0 radical (unpaired) electrons. The van der Waals surface area contributed by atoms with E-state index in [2.05, 4.69) is 10.0 Å². The van der Waals surface area contributed by atoms with Crippen molar-refractivity contribution in [3.8, 4) is 17.2 Å². The van der Waals surface area contributed by atoms with Gasteiger partial charge < -0.3 is 19.5 Å². The molecule has 4 rings (SSSR count). The van der Waals surface area contributed by atoms with Gasteiger partial charge in [-0.05, 0) is 67.6 Å². The molecule has 10 heteroatoms. The molecule has 0 aliphatic carbocycles. The molecule has 1 aliphatic heterocycles. The number of hydrogen-bond acceptors (Lipinski definition) is 7. The van der Waals surface area contributed by atoms with E-state index >= 15 is 0 Å². The second kappa shape index (κ2) is 10.5. The molecule has 0 atom stereocenters. The zero-order valence-corrected chi connectivity index (χ0v) is 19.8. The van der Waals surface area contributed by atoms with E-state index in [1.807, 2.05) is 0 Å². The number of ether oxygens (including phenoxy) is 3. The molecule has 0 spiro atoms. The van der Waals surface area contributed by atoms with Crippen LogP contribution in [0.5, 0.6) is 17.2 Å². The summed E-state index contributed by atoms with van der Waals surface area (Å²) in [6, 6.07) is 17.2. The summed E-state index contributed by atoms with van der Waals surface area (Å²) in [4.78, 5) is 23.5. The molecule has 3 aromatic carbocycles. The third-order valence-corrected chi connectivity index (χ3v) is 6.46. The summed E-state index contributed by atoms with van der Waals surface area (Å²) in [5.41, 5.74) is 1.36. The number of benzene rings is 3. The lowest BCUT2D eigenvalue weighted by Crippen LogP contribution is -2.20. The SMILES string of the molecule is CC(=O)c1ccc(OCC(=O)Nc2ccc(NS(=O)(=O)c3ccc4c(c3)OCCCO4)cc2)cc1. The van der Waals surface area contributed by atoms with E-state index in [1.165, 1.54) is 31.2 Å². The second-order valence-corrected chi connectivity index (χ2v) is 9.44. The van der Waals surface area contributed by atoms with Crippen LogP contribution in [0.2, 0.25) is 0 Å². The molecule has 1 amide bonds. The number of Topliss-reactive ketones (excluding diaryl/α,β-unsaturated/α-hetero) is 1. The standard InChI is InChI=1S/C25H24N2O7S/c1-17(28)18-3-9-21(10-4-18)34-16-25(29)26-19-5-7-20(8-6-19)27-35(30,31)22-11-12-23-24(15-22)33-14-2-13-32-23/h3-12,15,27H,2,13-14,16H2,1H3,(H,26,29). The van der Waals surface area contributed by atoms with Crippen LogP contribution in [-0.2, 0) is 14.8 Å². The molecular weight excluding hydrogens is 472 g/mol. The van der Waals surface area contributed by atoms with E-state index < -0.39 is 10.0 Å². The van der Waals surface area contributed by atoms with Crippen LogP contribution in [-0.4, -0.2) is 39.9 Å². The molecule has 2 N–H and O–H groups in total. The predicted molar refractivity (Wildman–Crippen MR) is 130 cm³/mol. The molecule has 3 aromatic rings. The number of fused-ring (bicyclic) bond motifs is 1. The van der Waals surface area contributed by atoms with Crippen LogP contribution in [0.25, 0.3) is 0 Å². The van der Waals surface area contributed by atoms with Crippen molar-refractivity contribution in [2.45, 2.75) is 18.2 Å². The maximum absolute atomic E-state index is 12.8. The molecule has 0 fully saturated rings. The maximum atomic E-state index is 12.8. The molecule has 0 saturated carbocycles. The number of ketones is 1. The van der Waals surface area contributed by atoms with Gasteiger partial charge in [-0.25, -0.2) is 8.42 Å². The van der Waals surface area contributed by atoms with Gasteiger partial charge in [0.25, 0.3) is 15.9 Å². The maximum Gasteiger partial charge on any atom is 0.262 e. The minimum absolute atomic E-state index is 0.0487. The highest BCUT2D eigenvalue weighted by Crippen LogP contribution is 2.32. The lowest BCUT2D eigenvalue weighted by atomic mass is 10.1. The average molecular weight is 497 g/mol. The number of hydrogen-bond donors (Lipinski definition) is 2. The van der Waals surface area contributed by atoms with Crippen LogP contribution in [0.1, 0.15) is 23.7 Å². The normalized spacial score (nSPS) is 12.8. The summed E-state index contributed by atoms with van der Waals surface area (Å²) >= 11 is 0. The van der Waals surface area contributed by atoms with Crippen molar-refractivity contribution in [2.75, 3.05) is 29.9 Å². The van der Waals surface area contributed by atoms with Crippen LogP contribution in [0, 0.1) is 0 Å². The number of amides is 1. The summed E-state index contributed by atoms with van der Waals surface area (Å²) in [6.45, 7) is 2.21. The minimum Gasteiger partial charge on any atom is -0.490 e. The smallest absolute Gasteiger partial charge is 0.262 e. The van der Waals surface area contributed by atoms with Gasteiger partial charge in [-0.1, -0.05) is 0 Å². The molecule has 0 bridgehead atoms. The number of carbonyl (C=O) groups is 2. The van der Waals surface area contributed by atoms with Crippen molar-refractivity contribution in [2.24, 2.45) is 0 Å². The molecule has 0 aromatic heterocycles. The quantitative estimate of drug-likeness (QED) is 0.454. The van der Waals surface area contributed by atoms with Gasteiger partial charge in [0.05, 0.1) is 18.1 Å². The first-order valence-electron chi connectivity index (χ1n) is 10.9. The Balaban J connectivity index is 1.33. The Kier molecular flexibility index (Phi) is 7.21. The van der Waals surface area contributed by atoms with Gasteiger partial charge in [-0.15, -0.1) is 0 Å². The number of nitrogens with one attached hydrogen (secondary N) is 2. The average Bonchev–Trinajstić information content (AvgIpc) is 3.09. The highest BCUT2D eigenvalue weighted by molar-refractivity contribution is 7.92. The van der Waals surface area contributed by atoms with Gasteiger partial charge in [-0.3, -0.25) is 14.3 Å². The summed E-state index contributed by atoms with van der Waals surface area (Å²) in [5, 5.41) is 2.68. The monoisotopic (exact) mass is 496 g/mol. The van der Waals surface area contributed by atoms with Gasteiger partial charge in [0.15, 0.2) is 23.9 Å². The van der Waals surface area contributed by atoms with Crippen molar-refractivity contribution in [1.29, 1.82) is 0 Å². The molecule has 0 saturated heterocycles. The zero-order chi connectivity index (χ0) is 24.8. The first-order chi connectivity index (χ1) is 16.8. The van der Waals surface area contributed by atoms with Crippen LogP contribution in [0.15, 0.2) is 71.6 Å². The van der Waals surface area contributed by atoms with E-state index in [9.17, 15) is 18.0 Å². The fourth-order valence-corrected chi connectivity index (χ4v) is 4.35. The Morgan fingerprint density at radius 3 is 2.23 bits per heavy atom. The Hall–Kier alpha value is -4.05. The van der Waals surface area contributed by atoms with Crippen molar-refractivity contribution in [3.05, 3.63) is 72.3 Å². The van der Waals surface area contributed by atoms with Crippen molar-refractivity contribution in [3.63, 3.8) is 0 Å². The van der Waals surface area contributed by atoms with E-state index in [1.54, 1.807) is 42.5 Å². The minimum atomic E-state index is -3.86. The van der Waals surface area contributed by atoms with E-state index in [0.717, 1.165) is 6.42 Å². The molecular formula is C25H24N2O7S. The second-order valence-electron chi connectivity index (χ2n) is 7.76. The Bertz CT molecular complexity index is 1320. The third kappa shape index (κ3) is 6.30. The molecule has 1 heterocycles. The fourth-order valence-electron chi connectivity index (χ4n) is 3.28. The third-order valence-electron chi connectivity index (χ3n) is 5.08. The van der Waals surface area contributed by atoms with Crippen LogP contribution < -0.4 is 24.2 Å². The van der Waals surface area contributed by atoms with E-state index in [0.29, 0.717) is 47.4 Å². The lowest BCUT2D eigenvalue weighted by Gasteiger charge is -2.12. The summed E-state index contributed by atoms with van der Waals surface area (Å²) < 4.78 is 44.6. The summed E-state index contributed by atoms with van der Waals surface area (Å²) in [6.07, 6.45) is 0.720. The highest BCUT2D eigenvalue weighted by Gasteiger charge is 2.19. The molecule has 0 unspecified atom stereocenters. The number of carbonyl (C=O) groups excluding carboxylic acids is 2. The zero-order valence-electron chi connectivity index (χ0n) is 18.9. The topological polar surface area (TPSA) is 120 Å². The van der Waals surface area contributed by atoms with Gasteiger partial charge in [0, 0.05) is 29.4 Å². The van der Waals surface area contributed by atoms with E-state index in [-0.39, 0.29) is 23.2 Å². The summed E-state index contributed by atoms with van der Waals surface area (Å²) in [5.74, 6) is 0.923. The van der Waals surface area contributed by atoms with Gasteiger partial charge >= 0.3 is 0 Å². The van der Waals surface area contributed by atoms with Crippen molar-refractivity contribution >= 4 is 33.1 Å². The van der Waals surface area contributed by atoms with Crippen molar-refractivity contribution < 1.29 is 32.2 Å². The van der Waals surface area contributed by atoms with Gasteiger partial charge in [0.2, 0.25) is 0 Å². The largest absolute Gasteiger partial charge is 0.490 e. The number of sulfonamides is 1. The Morgan fingerprint density at radius 2 is 1.54 bits per heavy atom. The first-order valence-corrected chi connectivity index (χ1v) is 12.3. The molecule has 35 heavy (non-hydrogen) atoms. The number of rotatable bonds is 8. The van der Waals surface area contributed by atoms with Crippen LogP contribution in [0.4, 0.5) is 11.4 Å². The summed E-state index contributed by atoms with van der Waals surface area (Å²) in [7, 11) is -3.86. The molecule has 182 valence electrons. The lowest BCUT2D eigenvalue weighted by molar-refractivity contribution is -0.118. The Morgan fingerprint density at radius 1 is 0.886 bits per heavy atom. The van der Waals surface area contributed by atoms with Crippen molar-refractivity contribution in [1.82, 2.24) is 0 Å². The predicted octanol–water partition coefficient (Wildman–Crippen LogP) is 3.87. The molecule has 9 nitrogen and oxygen atoms in total. The van der Waals surface area contributed by atoms with Crippen LogP contribution >= 0.6 is 0 Å². The number of anilines is 2.